The van der Waals surface area contributed by atoms with Crippen molar-refractivity contribution in [3.05, 3.63) is 36.4 Å². The average molecular weight is 414 g/mol. The number of anilines is 1. The number of amides is 1. The van der Waals surface area contributed by atoms with Crippen LogP contribution in [0.3, 0.4) is 0 Å². The smallest absolute Gasteiger partial charge is 0.225 e. The number of nitrogens with zero attached hydrogens (tertiary/aromatic N) is 5. The van der Waals surface area contributed by atoms with E-state index in [1.807, 2.05) is 30.7 Å². The van der Waals surface area contributed by atoms with Crippen LogP contribution in [-0.2, 0) is 4.79 Å². The molecule has 2 aromatic heterocycles. The number of likely N-dealkylation sites (tertiary alicyclic amines) is 1. The molecule has 1 aliphatic carbocycles. The maximum absolute atomic E-state index is 12.6. The topological polar surface area (TPSA) is 62.2 Å². The summed E-state index contributed by atoms with van der Waals surface area (Å²) in [6, 6.07) is 4.04. The fourth-order valence-corrected chi connectivity index (χ4v) is 4.51. The summed E-state index contributed by atoms with van der Waals surface area (Å²) in [4.78, 5) is 30.9. The van der Waals surface area contributed by atoms with Crippen molar-refractivity contribution in [2.45, 2.75) is 44.4 Å². The number of pyridine rings is 1. The molecule has 3 fully saturated rings. The molecule has 2 aliphatic heterocycles. The number of hydrogen-bond donors (Lipinski definition) is 0. The van der Waals surface area contributed by atoms with Gasteiger partial charge in [-0.1, -0.05) is 0 Å². The van der Waals surface area contributed by atoms with Gasteiger partial charge in [-0.25, -0.2) is 9.97 Å². The maximum Gasteiger partial charge on any atom is 0.225 e. The highest BCUT2D eigenvalue weighted by Crippen LogP contribution is 2.37. The van der Waals surface area contributed by atoms with Crippen molar-refractivity contribution in [3.8, 4) is 11.1 Å². The van der Waals surface area contributed by atoms with E-state index in [1.165, 1.54) is 12.8 Å². The van der Waals surface area contributed by atoms with E-state index in [0.29, 0.717) is 5.91 Å². The van der Waals surface area contributed by atoms with E-state index >= 15 is 0 Å². The Morgan fingerprint density at radius 2 is 1.76 bits per heavy atom. The molecule has 2 saturated heterocycles. The van der Waals surface area contributed by atoms with E-state index in [9.17, 15) is 4.79 Å². The number of piperidine rings is 1. The lowest BCUT2D eigenvalue weighted by molar-refractivity contribution is -0.133. The summed E-state index contributed by atoms with van der Waals surface area (Å²) in [5, 5.41) is 0. The molecule has 1 saturated carbocycles. The van der Waals surface area contributed by atoms with E-state index in [-0.39, 0.29) is 24.2 Å². The van der Waals surface area contributed by atoms with Crippen LogP contribution in [0.4, 0.5) is 5.95 Å². The third kappa shape index (κ3) is 4.22. The van der Waals surface area contributed by atoms with Gasteiger partial charge in [0.15, 0.2) is 0 Å². The van der Waals surface area contributed by atoms with Crippen LogP contribution in [0.15, 0.2) is 30.7 Å². The zero-order valence-electron chi connectivity index (χ0n) is 16.7. The molecular weight excluding hydrogens is 386 g/mol. The maximum atomic E-state index is 12.6. The normalized spacial score (nSPS) is 21.7. The van der Waals surface area contributed by atoms with Gasteiger partial charge in [0.25, 0.3) is 0 Å². The van der Waals surface area contributed by atoms with Gasteiger partial charge < -0.3 is 9.80 Å². The molecule has 5 rings (SSSR count). The fraction of sp³-hybridized carbons (Fsp3) is 0.545. The van der Waals surface area contributed by atoms with Crippen LogP contribution in [0.5, 0.6) is 0 Å². The summed E-state index contributed by atoms with van der Waals surface area (Å²) in [7, 11) is 0. The number of rotatable bonds is 4. The quantitative estimate of drug-likeness (QED) is 0.765. The van der Waals surface area contributed by atoms with Gasteiger partial charge in [-0.15, -0.1) is 12.4 Å². The molecule has 0 bridgehead atoms. The molecule has 154 valence electrons. The Labute approximate surface area is 178 Å². The number of aromatic nitrogens is 3. The first kappa shape index (κ1) is 20.1. The van der Waals surface area contributed by atoms with E-state index in [1.54, 1.807) is 0 Å². The first-order valence-electron chi connectivity index (χ1n) is 10.6. The summed E-state index contributed by atoms with van der Waals surface area (Å²) in [6.07, 6.45) is 12.3. The summed E-state index contributed by atoms with van der Waals surface area (Å²) in [6.45, 7) is 3.74. The van der Waals surface area contributed by atoms with Gasteiger partial charge in [0, 0.05) is 62.2 Å². The molecule has 29 heavy (non-hydrogen) atoms. The highest BCUT2D eigenvalue weighted by atomic mass is 35.5. The number of carbonyl (C=O) groups excluding carboxylic acids is 1. The summed E-state index contributed by atoms with van der Waals surface area (Å²) < 4.78 is 0. The van der Waals surface area contributed by atoms with Gasteiger partial charge >= 0.3 is 0 Å². The van der Waals surface area contributed by atoms with Crippen LogP contribution < -0.4 is 4.90 Å². The van der Waals surface area contributed by atoms with Gasteiger partial charge in [-0.3, -0.25) is 9.78 Å². The zero-order valence-corrected chi connectivity index (χ0v) is 17.5. The van der Waals surface area contributed by atoms with Gasteiger partial charge in [0.2, 0.25) is 11.9 Å². The second-order valence-corrected chi connectivity index (χ2v) is 8.30. The standard InChI is InChI=1S/C22H27N5O.ClH/c28-21(17-5-6-17)27-13-3-4-18(15-27)20-19(16-7-9-23-10-8-16)14-24-22(25-20)26-11-1-2-12-26;/h7-10,14,17-18H,1-6,11-13,15H2;1H. The molecule has 6 nitrogen and oxygen atoms in total. The van der Waals surface area contributed by atoms with Crippen molar-refractivity contribution in [1.29, 1.82) is 0 Å². The van der Waals surface area contributed by atoms with Gasteiger partial charge in [-0.05, 0) is 56.2 Å². The molecule has 0 spiro atoms. The molecule has 0 aromatic carbocycles. The molecule has 3 aliphatic rings. The molecular formula is C22H28ClN5O. The molecule has 2 aromatic rings. The van der Waals surface area contributed by atoms with Crippen LogP contribution in [-0.4, -0.2) is 51.9 Å². The van der Waals surface area contributed by atoms with E-state index in [2.05, 4.69) is 14.8 Å². The first-order chi connectivity index (χ1) is 13.8. The monoisotopic (exact) mass is 413 g/mol. The largest absolute Gasteiger partial charge is 0.342 e. The first-order valence-corrected chi connectivity index (χ1v) is 10.6. The summed E-state index contributed by atoms with van der Waals surface area (Å²) in [5.41, 5.74) is 3.27. The lowest BCUT2D eigenvalue weighted by atomic mass is 9.90. The molecule has 7 heteroatoms. The average Bonchev–Trinajstić information content (AvgIpc) is 3.47. The lowest BCUT2D eigenvalue weighted by Crippen LogP contribution is -2.40. The van der Waals surface area contributed by atoms with Crippen molar-refractivity contribution in [2.75, 3.05) is 31.1 Å². The second kappa shape index (κ2) is 8.66. The summed E-state index contributed by atoms with van der Waals surface area (Å²) in [5.74, 6) is 1.74. The minimum absolute atomic E-state index is 0. The highest BCUT2D eigenvalue weighted by Gasteiger charge is 2.36. The van der Waals surface area contributed by atoms with Crippen molar-refractivity contribution < 1.29 is 4.79 Å². The van der Waals surface area contributed by atoms with Gasteiger partial charge in [0.05, 0.1) is 5.69 Å². The second-order valence-electron chi connectivity index (χ2n) is 8.30. The number of hydrogen-bond acceptors (Lipinski definition) is 5. The number of halogens is 1. The highest BCUT2D eigenvalue weighted by molar-refractivity contribution is 5.85. The van der Waals surface area contributed by atoms with Gasteiger partial charge in [0.1, 0.15) is 0 Å². The Hall–Kier alpha value is -2.21. The SMILES string of the molecule is Cl.O=C(C1CC1)N1CCCC(c2nc(N3CCCC3)ncc2-c2ccncc2)C1. The minimum Gasteiger partial charge on any atom is -0.342 e. The van der Waals surface area contributed by atoms with E-state index in [0.717, 1.165) is 74.6 Å². The van der Waals surface area contributed by atoms with Crippen LogP contribution in [0.25, 0.3) is 11.1 Å². The third-order valence-electron chi connectivity index (χ3n) is 6.23. The molecule has 4 heterocycles. The molecule has 1 amide bonds. The van der Waals surface area contributed by atoms with Crippen LogP contribution in [0.2, 0.25) is 0 Å². The predicted molar refractivity (Wildman–Crippen MR) is 115 cm³/mol. The number of carbonyl (C=O) groups is 1. The molecule has 0 radical (unpaired) electrons. The Morgan fingerprint density at radius 3 is 2.48 bits per heavy atom. The molecule has 1 atom stereocenters. The Morgan fingerprint density at radius 1 is 1.00 bits per heavy atom. The molecule has 0 N–H and O–H groups in total. The lowest BCUT2D eigenvalue weighted by Gasteiger charge is -2.33. The van der Waals surface area contributed by atoms with E-state index < -0.39 is 0 Å². The summed E-state index contributed by atoms with van der Waals surface area (Å²) >= 11 is 0. The Balaban J connectivity index is 0.00000205. The van der Waals surface area contributed by atoms with Gasteiger partial charge in [-0.2, -0.15) is 0 Å². The predicted octanol–water partition coefficient (Wildman–Crippen LogP) is 3.68. The minimum atomic E-state index is 0. The van der Waals surface area contributed by atoms with Crippen molar-refractivity contribution in [2.24, 2.45) is 5.92 Å². The van der Waals surface area contributed by atoms with Crippen molar-refractivity contribution >= 4 is 24.3 Å². The molecule has 1 unspecified atom stereocenters. The Bertz CT molecular complexity index is 852. The fourth-order valence-electron chi connectivity index (χ4n) is 4.51. The van der Waals surface area contributed by atoms with Crippen molar-refractivity contribution in [3.63, 3.8) is 0 Å². The van der Waals surface area contributed by atoms with Crippen LogP contribution in [0.1, 0.15) is 50.1 Å². The van der Waals surface area contributed by atoms with Crippen LogP contribution in [0, 0.1) is 5.92 Å². The third-order valence-corrected chi connectivity index (χ3v) is 6.23. The van der Waals surface area contributed by atoms with Crippen molar-refractivity contribution in [1.82, 2.24) is 19.9 Å². The van der Waals surface area contributed by atoms with Crippen LogP contribution >= 0.6 is 12.4 Å². The van der Waals surface area contributed by atoms with E-state index in [4.69, 9.17) is 9.97 Å². The Kier molecular flexibility index (Phi) is 5.99. The zero-order chi connectivity index (χ0) is 18.9.